The lowest BCUT2D eigenvalue weighted by Crippen LogP contribution is -2.59. The SMILES string of the molecule is O=C1NC(=O)C2(CC2)C(=O)N1CCc1ccc(F)cc1. The summed E-state index contributed by atoms with van der Waals surface area (Å²) >= 11 is 0. The fraction of sp³-hybridized carbons (Fsp3) is 0.357. The molecule has 3 rings (SSSR count). The summed E-state index contributed by atoms with van der Waals surface area (Å²) < 4.78 is 12.8. The second kappa shape index (κ2) is 4.40. The van der Waals surface area contributed by atoms with Gasteiger partial charge in [-0.3, -0.25) is 19.8 Å². The molecule has 0 bridgehead atoms. The predicted molar refractivity (Wildman–Crippen MR) is 67.0 cm³/mol. The van der Waals surface area contributed by atoms with Crippen LogP contribution in [0.2, 0.25) is 0 Å². The molecule has 1 N–H and O–H groups in total. The van der Waals surface area contributed by atoms with Crippen LogP contribution in [0, 0.1) is 11.2 Å². The topological polar surface area (TPSA) is 66.5 Å². The van der Waals surface area contributed by atoms with E-state index in [0.29, 0.717) is 19.3 Å². The first-order chi connectivity index (χ1) is 9.53. The Morgan fingerprint density at radius 3 is 2.40 bits per heavy atom. The molecule has 0 unspecified atom stereocenters. The van der Waals surface area contributed by atoms with Crippen LogP contribution in [0.4, 0.5) is 9.18 Å². The number of nitrogens with zero attached hydrogens (tertiary/aromatic N) is 1. The quantitative estimate of drug-likeness (QED) is 0.844. The maximum atomic E-state index is 12.8. The number of carbonyl (C=O) groups is 3. The number of amides is 4. The fourth-order valence-corrected chi connectivity index (χ4v) is 2.39. The summed E-state index contributed by atoms with van der Waals surface area (Å²) in [6, 6.07) is 5.22. The van der Waals surface area contributed by atoms with Crippen molar-refractivity contribution < 1.29 is 18.8 Å². The molecule has 20 heavy (non-hydrogen) atoms. The predicted octanol–water partition coefficient (Wildman–Crippen LogP) is 1.23. The molecule has 0 aromatic heterocycles. The molecule has 1 saturated heterocycles. The van der Waals surface area contributed by atoms with E-state index in [1.54, 1.807) is 12.1 Å². The van der Waals surface area contributed by atoms with Gasteiger partial charge in [-0.1, -0.05) is 12.1 Å². The molecule has 4 amide bonds. The lowest BCUT2D eigenvalue weighted by atomic mass is 10.0. The summed E-state index contributed by atoms with van der Waals surface area (Å²) in [7, 11) is 0. The summed E-state index contributed by atoms with van der Waals surface area (Å²) in [5.74, 6) is -1.22. The normalized spacial score (nSPS) is 20.2. The Labute approximate surface area is 114 Å². The standard InChI is InChI=1S/C14H13FN2O3/c15-10-3-1-9(2-4-10)5-8-17-12(19)14(6-7-14)11(18)16-13(17)20/h1-4H,5-8H2,(H,16,18,20). The van der Waals surface area contributed by atoms with E-state index in [2.05, 4.69) is 5.32 Å². The second-order valence-corrected chi connectivity index (χ2v) is 5.17. The van der Waals surface area contributed by atoms with E-state index in [1.165, 1.54) is 12.1 Å². The van der Waals surface area contributed by atoms with Gasteiger partial charge in [0.25, 0.3) is 0 Å². The van der Waals surface area contributed by atoms with Crippen LogP contribution >= 0.6 is 0 Å². The smallest absolute Gasteiger partial charge is 0.277 e. The van der Waals surface area contributed by atoms with Gasteiger partial charge in [0.15, 0.2) is 0 Å². The maximum Gasteiger partial charge on any atom is 0.330 e. The molecule has 1 spiro atoms. The monoisotopic (exact) mass is 276 g/mol. The molecule has 1 aliphatic heterocycles. The van der Waals surface area contributed by atoms with Crippen LogP contribution in [0.1, 0.15) is 18.4 Å². The number of urea groups is 1. The highest BCUT2D eigenvalue weighted by molar-refractivity contribution is 6.20. The fourth-order valence-electron chi connectivity index (χ4n) is 2.39. The first-order valence-corrected chi connectivity index (χ1v) is 6.45. The van der Waals surface area contributed by atoms with Crippen molar-refractivity contribution in [3.05, 3.63) is 35.6 Å². The molecular weight excluding hydrogens is 263 g/mol. The Morgan fingerprint density at radius 1 is 1.15 bits per heavy atom. The van der Waals surface area contributed by atoms with Gasteiger partial charge in [-0.2, -0.15) is 0 Å². The largest absolute Gasteiger partial charge is 0.330 e. The number of benzene rings is 1. The second-order valence-electron chi connectivity index (χ2n) is 5.17. The zero-order valence-electron chi connectivity index (χ0n) is 10.7. The summed E-state index contributed by atoms with van der Waals surface area (Å²) in [5.41, 5.74) is -0.176. The Kier molecular flexibility index (Phi) is 2.81. The average Bonchev–Trinajstić information content (AvgIpc) is 3.21. The van der Waals surface area contributed by atoms with Crippen LogP contribution in [0.15, 0.2) is 24.3 Å². The number of barbiturate groups is 1. The third-order valence-electron chi connectivity index (χ3n) is 3.84. The first kappa shape index (κ1) is 12.8. The van der Waals surface area contributed by atoms with E-state index < -0.39 is 23.3 Å². The van der Waals surface area contributed by atoms with Crippen LogP contribution < -0.4 is 5.32 Å². The highest BCUT2D eigenvalue weighted by Crippen LogP contribution is 2.48. The van der Waals surface area contributed by atoms with Crippen molar-refractivity contribution in [2.75, 3.05) is 6.54 Å². The van der Waals surface area contributed by atoms with Gasteiger partial charge in [0.2, 0.25) is 11.8 Å². The van der Waals surface area contributed by atoms with Crippen molar-refractivity contribution in [1.82, 2.24) is 10.2 Å². The van der Waals surface area contributed by atoms with E-state index in [-0.39, 0.29) is 12.4 Å². The Bertz CT molecular complexity index is 593. The molecule has 0 radical (unpaired) electrons. The molecule has 1 heterocycles. The van der Waals surface area contributed by atoms with Gasteiger partial charge in [0.05, 0.1) is 0 Å². The summed E-state index contributed by atoms with van der Waals surface area (Å²) in [4.78, 5) is 36.6. The molecule has 1 saturated carbocycles. The molecule has 1 aromatic rings. The molecule has 1 aliphatic carbocycles. The third kappa shape index (κ3) is 1.97. The van der Waals surface area contributed by atoms with Gasteiger partial charge >= 0.3 is 6.03 Å². The number of hydrogen-bond acceptors (Lipinski definition) is 3. The lowest BCUT2D eigenvalue weighted by Gasteiger charge is -2.30. The van der Waals surface area contributed by atoms with E-state index in [9.17, 15) is 18.8 Å². The summed E-state index contributed by atoms with van der Waals surface area (Å²) in [6.45, 7) is 0.186. The van der Waals surface area contributed by atoms with Crippen LogP contribution in [-0.2, 0) is 16.0 Å². The molecule has 104 valence electrons. The van der Waals surface area contributed by atoms with Gasteiger partial charge < -0.3 is 0 Å². The van der Waals surface area contributed by atoms with Crippen LogP contribution in [-0.4, -0.2) is 29.3 Å². The Balaban J connectivity index is 1.70. The number of carbonyl (C=O) groups excluding carboxylic acids is 3. The van der Waals surface area contributed by atoms with Crippen molar-refractivity contribution in [1.29, 1.82) is 0 Å². The van der Waals surface area contributed by atoms with Gasteiger partial charge in [-0.05, 0) is 37.0 Å². The minimum Gasteiger partial charge on any atom is -0.277 e. The number of nitrogens with one attached hydrogen (secondary N) is 1. The number of imide groups is 2. The minimum absolute atomic E-state index is 0.186. The van der Waals surface area contributed by atoms with E-state index in [4.69, 9.17) is 0 Å². The van der Waals surface area contributed by atoms with Crippen molar-refractivity contribution in [2.45, 2.75) is 19.3 Å². The zero-order valence-corrected chi connectivity index (χ0v) is 10.7. The number of rotatable bonds is 3. The van der Waals surface area contributed by atoms with Crippen LogP contribution in [0.5, 0.6) is 0 Å². The van der Waals surface area contributed by atoms with E-state index >= 15 is 0 Å². The van der Waals surface area contributed by atoms with Crippen molar-refractivity contribution in [3.63, 3.8) is 0 Å². The van der Waals surface area contributed by atoms with Crippen LogP contribution in [0.3, 0.4) is 0 Å². The molecule has 2 fully saturated rings. The Hall–Kier alpha value is -2.24. The number of halogens is 1. The van der Waals surface area contributed by atoms with Crippen molar-refractivity contribution >= 4 is 17.8 Å². The van der Waals surface area contributed by atoms with Crippen molar-refractivity contribution in [2.24, 2.45) is 5.41 Å². The molecule has 0 atom stereocenters. The highest BCUT2D eigenvalue weighted by Gasteiger charge is 2.61. The maximum absolute atomic E-state index is 12.8. The minimum atomic E-state index is -1.00. The summed E-state index contributed by atoms with van der Waals surface area (Å²) in [6.07, 6.45) is 1.43. The molecule has 6 heteroatoms. The first-order valence-electron chi connectivity index (χ1n) is 6.45. The third-order valence-corrected chi connectivity index (χ3v) is 3.84. The van der Waals surface area contributed by atoms with Crippen LogP contribution in [0.25, 0.3) is 0 Å². The molecule has 5 nitrogen and oxygen atoms in total. The van der Waals surface area contributed by atoms with E-state index in [1.807, 2.05) is 0 Å². The van der Waals surface area contributed by atoms with Gasteiger partial charge in [-0.25, -0.2) is 9.18 Å². The average molecular weight is 276 g/mol. The summed E-state index contributed by atoms with van der Waals surface area (Å²) in [5, 5.41) is 2.23. The highest BCUT2D eigenvalue weighted by atomic mass is 19.1. The van der Waals surface area contributed by atoms with Crippen molar-refractivity contribution in [3.8, 4) is 0 Å². The van der Waals surface area contributed by atoms with Gasteiger partial charge in [0, 0.05) is 6.54 Å². The zero-order chi connectivity index (χ0) is 14.3. The molecule has 1 aromatic carbocycles. The lowest BCUT2D eigenvalue weighted by molar-refractivity contribution is -0.144. The number of hydrogen-bond donors (Lipinski definition) is 1. The Morgan fingerprint density at radius 2 is 1.80 bits per heavy atom. The molecular formula is C14H13FN2O3. The van der Waals surface area contributed by atoms with E-state index in [0.717, 1.165) is 10.5 Å². The molecule has 2 aliphatic rings. The van der Waals surface area contributed by atoms with Gasteiger partial charge in [0.1, 0.15) is 11.2 Å². The van der Waals surface area contributed by atoms with Gasteiger partial charge in [-0.15, -0.1) is 0 Å².